The second-order valence-electron chi connectivity index (χ2n) is 24.6. The molecule has 428 valence electrons. The first kappa shape index (κ1) is 66.0. The summed E-state index contributed by atoms with van der Waals surface area (Å²) in [5, 5.41) is 22.6. The van der Waals surface area contributed by atoms with Gasteiger partial charge in [0.25, 0.3) is 0 Å². The molecule has 1 aliphatic heterocycles. The third-order valence-electron chi connectivity index (χ3n) is 13.9. The van der Waals surface area contributed by atoms with Crippen LogP contribution in [0.15, 0.2) is 12.2 Å². The predicted octanol–water partition coefficient (Wildman–Crippen LogP) is 4.38. The molecule has 0 aromatic rings. The van der Waals surface area contributed by atoms with E-state index in [1.165, 1.54) is 40.2 Å². The Bertz CT molecular complexity index is 1960. The zero-order chi connectivity index (χ0) is 57.0. The molecule has 19 heteroatoms. The van der Waals surface area contributed by atoms with Crippen molar-refractivity contribution in [3.63, 3.8) is 0 Å². The Kier molecular flexibility index (Phi) is 27.0. The van der Waals surface area contributed by atoms with Crippen LogP contribution in [-0.4, -0.2) is 144 Å². The maximum absolute atomic E-state index is 14.4. The number of amides is 9. The van der Waals surface area contributed by atoms with Gasteiger partial charge in [0.2, 0.25) is 53.2 Å². The van der Waals surface area contributed by atoms with Crippen molar-refractivity contribution in [3.05, 3.63) is 12.2 Å². The molecular formula is C56H100N10O9. The summed E-state index contributed by atoms with van der Waals surface area (Å²) in [6, 6.07) is -5.08. The van der Waals surface area contributed by atoms with Gasteiger partial charge >= 0.3 is 0 Å². The fraction of sp³-hybridized carbons (Fsp3) is 0.804. The molecule has 0 radical (unpaired) electrons. The molecule has 19 nitrogen and oxygen atoms in total. The summed E-state index contributed by atoms with van der Waals surface area (Å²) in [7, 11) is 3.75. The highest BCUT2D eigenvalue weighted by molar-refractivity contribution is 6.00. The lowest BCUT2D eigenvalue weighted by molar-refractivity contribution is -0.139. The number of nitrogens with one attached hydrogen (secondary N) is 8. The van der Waals surface area contributed by atoms with Crippen molar-refractivity contribution in [3.8, 4) is 0 Å². The third kappa shape index (κ3) is 23.0. The Balaban J connectivity index is 2.30. The van der Waals surface area contributed by atoms with Crippen LogP contribution < -0.4 is 42.5 Å². The highest BCUT2D eigenvalue weighted by atomic mass is 16.2. The molecule has 0 bridgehead atoms. The topological polar surface area (TPSA) is 256 Å². The minimum atomic E-state index is -1.61. The molecule has 1 aliphatic carbocycles. The van der Waals surface area contributed by atoms with Crippen LogP contribution in [0.3, 0.4) is 0 Å². The Morgan fingerprint density at radius 2 is 1.09 bits per heavy atom. The van der Waals surface area contributed by atoms with E-state index in [0.29, 0.717) is 44.8 Å². The maximum Gasteiger partial charge on any atom is 0.246 e. The van der Waals surface area contributed by atoms with Crippen molar-refractivity contribution < 1.29 is 43.2 Å². The van der Waals surface area contributed by atoms with E-state index in [1.807, 2.05) is 80.5 Å². The minimum Gasteiger partial charge on any atom is -0.353 e. The molecule has 1 heterocycles. The van der Waals surface area contributed by atoms with E-state index >= 15 is 0 Å². The molecule has 2 rings (SSSR count). The van der Waals surface area contributed by atoms with E-state index in [-0.39, 0.29) is 48.8 Å². The van der Waals surface area contributed by atoms with Crippen LogP contribution in [0.5, 0.6) is 0 Å². The molecule has 75 heavy (non-hydrogen) atoms. The van der Waals surface area contributed by atoms with E-state index < -0.39 is 94.1 Å². The maximum atomic E-state index is 14.4. The number of unbranched alkanes of at least 4 members (excludes halogenated alkanes) is 1. The van der Waals surface area contributed by atoms with Gasteiger partial charge in [0.15, 0.2) is 0 Å². The average Bonchev–Trinajstić information content (AvgIpc) is 3.70. The van der Waals surface area contributed by atoms with E-state index in [9.17, 15) is 43.2 Å². The number of likely N-dealkylation sites (N-methyl/N-ethyl adjacent to an activating group) is 1. The second-order valence-corrected chi connectivity index (χ2v) is 24.6. The Hall–Kier alpha value is -5.07. The zero-order valence-corrected chi connectivity index (χ0v) is 48.8. The number of allylic oxidation sites excluding steroid dienone is 1. The van der Waals surface area contributed by atoms with Gasteiger partial charge in [0.1, 0.15) is 46.8 Å². The molecule has 9 amide bonds. The normalized spacial score (nSPS) is 18.3. The fourth-order valence-electron chi connectivity index (χ4n) is 9.41. The number of hydrogen-bond acceptors (Lipinski definition) is 10. The number of carbonyl (C=O) groups excluding carboxylic acids is 9. The molecule has 6 atom stereocenters. The van der Waals surface area contributed by atoms with Crippen LogP contribution in [-0.2, 0) is 43.2 Å². The average molecular weight is 1060 g/mol. The first-order valence-electron chi connectivity index (χ1n) is 27.9. The van der Waals surface area contributed by atoms with Crippen LogP contribution >= 0.6 is 0 Å². The van der Waals surface area contributed by atoms with Gasteiger partial charge in [-0.3, -0.25) is 43.2 Å². The fourth-order valence-corrected chi connectivity index (χ4v) is 9.41. The van der Waals surface area contributed by atoms with Gasteiger partial charge in [-0.25, -0.2) is 0 Å². The molecule has 0 aromatic heterocycles. The smallest absolute Gasteiger partial charge is 0.246 e. The number of rotatable bonds is 30. The van der Waals surface area contributed by atoms with Gasteiger partial charge < -0.3 is 52.3 Å². The summed E-state index contributed by atoms with van der Waals surface area (Å²) in [4.78, 5) is 128. The lowest BCUT2D eigenvalue weighted by Crippen LogP contribution is -2.65. The lowest BCUT2D eigenvalue weighted by atomic mass is 9.85. The van der Waals surface area contributed by atoms with Gasteiger partial charge in [-0.2, -0.15) is 0 Å². The summed E-state index contributed by atoms with van der Waals surface area (Å²) < 4.78 is 0. The highest BCUT2D eigenvalue weighted by Gasteiger charge is 2.42. The number of nitrogens with zero attached hydrogens (tertiary/aromatic N) is 2. The van der Waals surface area contributed by atoms with Crippen molar-refractivity contribution in [1.29, 1.82) is 0 Å². The largest absolute Gasteiger partial charge is 0.353 e. The molecule has 8 N–H and O–H groups in total. The summed E-state index contributed by atoms with van der Waals surface area (Å²) in [5.74, 6) is -4.55. The van der Waals surface area contributed by atoms with Crippen molar-refractivity contribution in [2.45, 2.75) is 227 Å². The van der Waals surface area contributed by atoms with Crippen molar-refractivity contribution in [1.82, 2.24) is 52.3 Å². The summed E-state index contributed by atoms with van der Waals surface area (Å²) in [6.45, 7) is 25.9. The molecule has 0 spiro atoms. The van der Waals surface area contributed by atoms with Crippen LogP contribution in [0.2, 0.25) is 0 Å². The van der Waals surface area contributed by atoms with Gasteiger partial charge in [0, 0.05) is 19.6 Å². The SMILES string of the molecule is CCC/C=C/C(=O)N1C[C@@H](C)C[C@H]1C(=O)N[C@@H](CCC1CCCCC1)C(=O)N[C@@H](CC(C)C)C(=O)NC(C)(C)C(=O)N[C@@H](CC(C)C)C(=O)N[C@@H](CC(C)C)C(=O)NC(C)(C)C(=O)NC(C)(C)C(=O)NCCN(C)C. The van der Waals surface area contributed by atoms with Gasteiger partial charge in [-0.05, 0) is 136 Å². The molecule has 0 aromatic carbocycles. The van der Waals surface area contributed by atoms with Crippen molar-refractivity contribution in [2.75, 3.05) is 33.7 Å². The monoisotopic (exact) mass is 1060 g/mol. The second kappa shape index (κ2) is 30.6. The minimum absolute atomic E-state index is 0.0694. The lowest BCUT2D eigenvalue weighted by Gasteiger charge is -2.34. The van der Waals surface area contributed by atoms with Crippen LogP contribution in [0.1, 0.15) is 180 Å². The number of hydrogen-bond donors (Lipinski definition) is 8. The van der Waals surface area contributed by atoms with Gasteiger partial charge in [0.05, 0.1) is 0 Å². The first-order chi connectivity index (χ1) is 34.8. The van der Waals surface area contributed by atoms with Crippen molar-refractivity contribution in [2.24, 2.45) is 29.6 Å². The van der Waals surface area contributed by atoms with Gasteiger partial charge in [-0.15, -0.1) is 0 Å². The highest BCUT2D eigenvalue weighted by Crippen LogP contribution is 2.29. The van der Waals surface area contributed by atoms with E-state index in [4.69, 9.17) is 0 Å². The summed E-state index contributed by atoms with van der Waals surface area (Å²) in [6.07, 6.45) is 12.5. The van der Waals surface area contributed by atoms with E-state index in [0.717, 1.165) is 38.5 Å². The molecule has 2 aliphatic rings. The molecule has 1 saturated carbocycles. The first-order valence-corrected chi connectivity index (χ1v) is 27.9. The standard InChI is InChI=1S/C56H100N10O9/c1-17-18-20-25-45(67)66-34-38(8)33-44(66)50(72)58-40(27-26-39-23-21-19-22-24-39)46(68)59-42(31-36(4)5)48(70)62-55(11,12)52(74)61-41(30-35(2)3)47(69)60-43(32-37(6)7)49(71)63-56(13,14)53(75)64-54(9,10)51(73)57-28-29-65(15)16/h20,25,35-44H,17-19,21-24,26-34H2,1-16H3,(H,57,73)(H,58,72)(H,59,68)(H,60,69)(H,61,74)(H,62,70)(H,63,71)(H,64,75)/b25-20+/t38-,40-,41-,42-,43-,44-/m0/s1. The van der Waals surface area contributed by atoms with Crippen LogP contribution in [0.25, 0.3) is 0 Å². The summed E-state index contributed by atoms with van der Waals surface area (Å²) >= 11 is 0. The Morgan fingerprint density at radius 3 is 1.59 bits per heavy atom. The molecule has 1 saturated heterocycles. The quantitative estimate of drug-likeness (QED) is 0.0472. The van der Waals surface area contributed by atoms with E-state index in [1.54, 1.807) is 18.7 Å². The Morgan fingerprint density at radius 1 is 0.613 bits per heavy atom. The summed E-state index contributed by atoms with van der Waals surface area (Å²) in [5.41, 5.74) is -4.42. The third-order valence-corrected chi connectivity index (χ3v) is 13.9. The van der Waals surface area contributed by atoms with Gasteiger partial charge in [-0.1, -0.05) is 100.0 Å². The number of carbonyl (C=O) groups is 9. The Labute approximate surface area is 449 Å². The molecule has 0 unspecified atom stereocenters. The van der Waals surface area contributed by atoms with Crippen LogP contribution in [0.4, 0.5) is 0 Å². The van der Waals surface area contributed by atoms with E-state index in [2.05, 4.69) is 42.5 Å². The van der Waals surface area contributed by atoms with Crippen molar-refractivity contribution >= 4 is 53.2 Å². The number of likely N-dealkylation sites (tertiary alicyclic amines) is 1. The zero-order valence-electron chi connectivity index (χ0n) is 48.8. The molecular weight excluding hydrogens is 957 g/mol. The molecule has 2 fully saturated rings. The predicted molar refractivity (Wildman–Crippen MR) is 293 cm³/mol. The van der Waals surface area contributed by atoms with Crippen LogP contribution in [0, 0.1) is 29.6 Å².